The van der Waals surface area contributed by atoms with Crippen LogP contribution in [0.2, 0.25) is 0 Å². The Hall–Kier alpha value is -5.68. The number of rotatable bonds is 18. The number of thiol groups is 1. The summed E-state index contributed by atoms with van der Waals surface area (Å²) in [5.74, 6) is 2.57. The number of nitrogens with one attached hydrogen (secondary N) is 4. The number of carbonyl (C=O) groups excluding carboxylic acids is 1. The summed E-state index contributed by atoms with van der Waals surface area (Å²) < 4.78 is 58.7. The first-order valence-electron chi connectivity index (χ1n) is 17.3. The molecule has 5 rings (SSSR count). The molecule has 0 aliphatic carbocycles. The van der Waals surface area contributed by atoms with Crippen LogP contribution in [0.5, 0.6) is 28.9 Å². The fourth-order valence-electron chi connectivity index (χ4n) is 5.49. The lowest BCUT2D eigenvalue weighted by molar-refractivity contribution is 0.0544. The first-order valence-corrected chi connectivity index (χ1v) is 18.5. The van der Waals surface area contributed by atoms with E-state index in [1.165, 1.54) is 7.11 Å². The van der Waals surface area contributed by atoms with Crippen molar-refractivity contribution < 1.29 is 41.6 Å². The second-order valence-corrected chi connectivity index (χ2v) is 13.9. The van der Waals surface area contributed by atoms with E-state index < -0.39 is 16.9 Å². The number of hydrogen-bond acceptors (Lipinski definition) is 12. The van der Waals surface area contributed by atoms with Gasteiger partial charge < -0.3 is 44.4 Å². The maximum Gasteiger partial charge on any atom is 0.323 e. The summed E-state index contributed by atoms with van der Waals surface area (Å²) in [4.78, 5) is 22.4. The molecule has 4 N–H and O–H groups in total. The predicted octanol–water partition coefficient (Wildman–Crippen LogP) is 6.78. The monoisotopic (exact) mass is 774 g/mol. The lowest BCUT2D eigenvalue weighted by atomic mass is 9.85. The summed E-state index contributed by atoms with van der Waals surface area (Å²) in [6, 6.07) is 21.1. The second-order valence-electron chi connectivity index (χ2n) is 13.1. The number of aromatic nitrogens is 2. The zero-order chi connectivity index (χ0) is 39.4. The number of benzene rings is 4. The SMILES string of the molecule is COCCOCCOc1cc(Nc2nccc(Oc3ccc(NC(=O)Nc4cc(C(C)(C)C)cc(CN[SH](=O)=O)c4OC)c4ccccc34)n2)cc(OC)c1. The van der Waals surface area contributed by atoms with Crippen molar-refractivity contribution in [1.82, 2.24) is 14.7 Å². The number of hydrogen-bond donors (Lipinski definition) is 5. The Kier molecular flexibility index (Phi) is 14.0. The van der Waals surface area contributed by atoms with Crippen molar-refractivity contribution in [3.63, 3.8) is 0 Å². The molecule has 0 fully saturated rings. The van der Waals surface area contributed by atoms with Crippen molar-refractivity contribution in [2.75, 3.05) is 63.7 Å². The summed E-state index contributed by atoms with van der Waals surface area (Å²) in [6.45, 7) is 7.81. The lowest BCUT2D eigenvalue weighted by Gasteiger charge is -2.24. The van der Waals surface area contributed by atoms with Crippen molar-refractivity contribution in [3.05, 3.63) is 90.1 Å². The first-order chi connectivity index (χ1) is 26.5. The van der Waals surface area contributed by atoms with Crippen LogP contribution in [0.4, 0.5) is 27.8 Å². The van der Waals surface area contributed by atoms with Gasteiger partial charge in [0, 0.05) is 66.1 Å². The number of nitrogens with zero attached hydrogens (tertiary/aromatic N) is 2. The Morgan fingerprint density at radius 1 is 0.800 bits per heavy atom. The van der Waals surface area contributed by atoms with E-state index in [0.29, 0.717) is 72.1 Å². The van der Waals surface area contributed by atoms with E-state index in [1.54, 1.807) is 56.8 Å². The smallest absolute Gasteiger partial charge is 0.323 e. The Morgan fingerprint density at radius 3 is 2.27 bits per heavy atom. The highest BCUT2D eigenvalue weighted by atomic mass is 32.2. The predicted molar refractivity (Wildman–Crippen MR) is 212 cm³/mol. The summed E-state index contributed by atoms with van der Waals surface area (Å²) in [5, 5.41) is 10.5. The molecule has 15 nitrogen and oxygen atoms in total. The first kappa shape index (κ1) is 40.5. The molecule has 4 aromatic carbocycles. The molecule has 1 heterocycles. The van der Waals surface area contributed by atoms with Crippen LogP contribution in [-0.2, 0) is 32.3 Å². The topological polar surface area (TPSA) is 180 Å². The highest BCUT2D eigenvalue weighted by Gasteiger charge is 2.21. The van der Waals surface area contributed by atoms with Gasteiger partial charge in [0.15, 0.2) is 0 Å². The van der Waals surface area contributed by atoms with Crippen molar-refractivity contribution >= 4 is 50.7 Å². The standard InChI is InChI=1S/C39H46N6O9S/c1-39(2,3)26-19-25(24-41-55(47)48)36(51-6)33(20-26)44-38(46)43-32-11-12-34(31-10-8-7-9-30(31)32)54-35-13-14-40-37(45-35)42-27-21-28(50-5)23-29(22-27)53-18-17-52-16-15-49-4/h7-14,19-23,55H,15-18,24H2,1-6H3,(H,40,42,45)(H,41,47,48)(H2,43,44,46). The summed E-state index contributed by atoms with van der Waals surface area (Å²) in [5.41, 5.74) is 2.73. The van der Waals surface area contributed by atoms with Crippen LogP contribution in [0, 0.1) is 0 Å². The van der Waals surface area contributed by atoms with E-state index in [2.05, 4.69) is 30.6 Å². The van der Waals surface area contributed by atoms with E-state index >= 15 is 0 Å². The molecular weight excluding hydrogens is 729 g/mol. The van der Waals surface area contributed by atoms with Gasteiger partial charge in [-0.15, -0.1) is 0 Å². The van der Waals surface area contributed by atoms with Crippen molar-refractivity contribution in [1.29, 1.82) is 0 Å². The minimum Gasteiger partial charge on any atom is -0.497 e. The lowest BCUT2D eigenvalue weighted by Crippen LogP contribution is -2.22. The van der Waals surface area contributed by atoms with Crippen LogP contribution in [0.3, 0.4) is 0 Å². The fourth-order valence-corrected chi connectivity index (χ4v) is 5.79. The molecule has 16 heteroatoms. The largest absolute Gasteiger partial charge is 0.497 e. The van der Waals surface area contributed by atoms with Crippen LogP contribution in [0.1, 0.15) is 31.9 Å². The van der Waals surface area contributed by atoms with Crippen molar-refractivity contribution in [2.45, 2.75) is 32.7 Å². The maximum atomic E-state index is 13.5. The molecule has 0 spiro atoms. The molecule has 1 aromatic heterocycles. The highest BCUT2D eigenvalue weighted by Crippen LogP contribution is 2.37. The normalized spacial score (nSPS) is 11.3. The molecule has 0 aliphatic rings. The molecular formula is C39H46N6O9S. The van der Waals surface area contributed by atoms with Crippen molar-refractivity contribution in [2.24, 2.45) is 0 Å². The second kappa shape index (κ2) is 19.1. The van der Waals surface area contributed by atoms with Gasteiger partial charge in [-0.05, 0) is 29.2 Å². The summed E-state index contributed by atoms with van der Waals surface area (Å²) in [6.07, 6.45) is 1.58. The average molecular weight is 775 g/mol. The van der Waals surface area contributed by atoms with Gasteiger partial charge >= 0.3 is 6.03 Å². The molecule has 0 bridgehead atoms. The van der Waals surface area contributed by atoms with Crippen LogP contribution in [-0.4, -0.2) is 72.2 Å². The minimum absolute atomic E-state index is 0.00148. The van der Waals surface area contributed by atoms with Gasteiger partial charge in [0.05, 0.1) is 45.4 Å². The van der Waals surface area contributed by atoms with Gasteiger partial charge in [-0.25, -0.2) is 22.9 Å². The highest BCUT2D eigenvalue weighted by molar-refractivity contribution is 7.70. The Bertz CT molecular complexity index is 2170. The zero-order valence-electron chi connectivity index (χ0n) is 31.6. The molecule has 0 radical (unpaired) electrons. The van der Waals surface area contributed by atoms with E-state index in [9.17, 15) is 13.2 Å². The number of methoxy groups -OCH3 is 3. The fraction of sp³-hybridized carbons (Fsp3) is 0.308. The Balaban J connectivity index is 1.32. The van der Waals surface area contributed by atoms with E-state index in [-0.39, 0.29) is 23.8 Å². The van der Waals surface area contributed by atoms with Crippen LogP contribution >= 0.6 is 0 Å². The van der Waals surface area contributed by atoms with Gasteiger partial charge in [-0.2, -0.15) is 4.98 Å². The molecule has 292 valence electrons. The molecule has 0 unspecified atom stereocenters. The third-order valence-corrected chi connectivity index (χ3v) is 8.58. The number of ether oxygens (including phenoxy) is 6. The molecule has 0 saturated heterocycles. The van der Waals surface area contributed by atoms with Gasteiger partial charge in [0.25, 0.3) is 0 Å². The zero-order valence-corrected chi connectivity index (χ0v) is 32.5. The Labute approximate surface area is 321 Å². The molecule has 0 saturated carbocycles. The van der Waals surface area contributed by atoms with Crippen LogP contribution in [0.25, 0.3) is 10.8 Å². The van der Waals surface area contributed by atoms with Crippen LogP contribution in [0.15, 0.2) is 79.0 Å². The number of urea groups is 1. The van der Waals surface area contributed by atoms with E-state index in [0.717, 1.165) is 16.3 Å². The van der Waals surface area contributed by atoms with Gasteiger partial charge in [-0.3, -0.25) is 0 Å². The molecule has 5 aromatic rings. The third-order valence-electron chi connectivity index (χ3n) is 8.16. The van der Waals surface area contributed by atoms with Gasteiger partial charge in [0.1, 0.15) is 29.6 Å². The number of fused-ring (bicyclic) bond motifs is 1. The molecule has 0 atom stereocenters. The number of amides is 2. The summed E-state index contributed by atoms with van der Waals surface area (Å²) in [7, 11) is 1.82. The minimum atomic E-state index is -2.83. The number of carbonyl (C=O) groups is 1. The molecule has 55 heavy (non-hydrogen) atoms. The molecule has 0 aliphatic heterocycles. The average Bonchev–Trinajstić information content (AvgIpc) is 3.15. The number of anilines is 4. The summed E-state index contributed by atoms with van der Waals surface area (Å²) >= 11 is 0. The Morgan fingerprint density at radius 2 is 1.55 bits per heavy atom. The van der Waals surface area contributed by atoms with E-state index in [4.69, 9.17) is 28.4 Å². The van der Waals surface area contributed by atoms with Crippen LogP contribution < -0.4 is 39.6 Å². The van der Waals surface area contributed by atoms with Crippen molar-refractivity contribution in [3.8, 4) is 28.9 Å². The van der Waals surface area contributed by atoms with E-state index in [1.807, 2.05) is 57.2 Å². The molecule has 2 amide bonds. The maximum absolute atomic E-state index is 13.5. The quantitative estimate of drug-likeness (QED) is 0.0466. The van der Waals surface area contributed by atoms with Gasteiger partial charge in [0.2, 0.25) is 22.7 Å². The van der Waals surface area contributed by atoms with Gasteiger partial charge in [-0.1, -0.05) is 51.1 Å². The third kappa shape index (κ3) is 11.4.